The summed E-state index contributed by atoms with van der Waals surface area (Å²) in [7, 11) is -1.53. The topological polar surface area (TPSA) is 66.5 Å². The monoisotopic (exact) mass is 300 g/mol. The fraction of sp³-hybridized carbons (Fsp3) is 0.462. The van der Waals surface area contributed by atoms with Crippen LogP contribution in [0.3, 0.4) is 0 Å². The van der Waals surface area contributed by atoms with E-state index in [1.165, 1.54) is 23.1 Å². The van der Waals surface area contributed by atoms with Gasteiger partial charge in [-0.05, 0) is 18.6 Å². The highest BCUT2D eigenvalue weighted by atomic mass is 32.2. The van der Waals surface area contributed by atoms with Gasteiger partial charge in [0.1, 0.15) is 5.82 Å². The molecule has 1 aromatic carbocycles. The number of amides is 1. The van der Waals surface area contributed by atoms with Gasteiger partial charge in [-0.25, -0.2) is 12.8 Å². The van der Waals surface area contributed by atoms with E-state index in [0.29, 0.717) is 13.0 Å². The van der Waals surface area contributed by atoms with Crippen LogP contribution in [0.15, 0.2) is 18.2 Å². The number of rotatable bonds is 2. The van der Waals surface area contributed by atoms with E-state index in [4.69, 9.17) is 0 Å². The normalized spacial score (nSPS) is 18.4. The van der Waals surface area contributed by atoms with Crippen molar-refractivity contribution in [2.45, 2.75) is 6.42 Å². The van der Waals surface area contributed by atoms with Crippen molar-refractivity contribution in [3.8, 4) is 0 Å². The molecule has 0 bridgehead atoms. The van der Waals surface area contributed by atoms with Gasteiger partial charge in [-0.15, -0.1) is 0 Å². The molecule has 20 heavy (non-hydrogen) atoms. The molecule has 0 spiro atoms. The van der Waals surface area contributed by atoms with Gasteiger partial charge in [-0.3, -0.25) is 4.79 Å². The lowest BCUT2D eigenvalue weighted by molar-refractivity contribution is 0.0769. The fourth-order valence-corrected chi connectivity index (χ4v) is 3.54. The van der Waals surface area contributed by atoms with Gasteiger partial charge in [0, 0.05) is 20.1 Å². The minimum Gasteiger partial charge on any atom is -0.385 e. The summed E-state index contributed by atoms with van der Waals surface area (Å²) >= 11 is 0. The summed E-state index contributed by atoms with van der Waals surface area (Å²) in [5.41, 5.74) is 0.372. The molecule has 1 aliphatic heterocycles. The van der Waals surface area contributed by atoms with E-state index in [1.807, 2.05) is 0 Å². The number of carbonyl (C=O) groups excluding carboxylic acids is 1. The van der Waals surface area contributed by atoms with E-state index in [9.17, 15) is 17.6 Å². The van der Waals surface area contributed by atoms with Gasteiger partial charge in [-0.2, -0.15) is 0 Å². The SMILES string of the molecule is CNc1c(F)cccc1C(=O)N1CCCS(=O)(=O)CC1. The molecule has 7 heteroatoms. The highest BCUT2D eigenvalue weighted by Gasteiger charge is 2.25. The zero-order valence-corrected chi connectivity index (χ0v) is 12.0. The van der Waals surface area contributed by atoms with Gasteiger partial charge in [0.2, 0.25) is 0 Å². The first kappa shape index (κ1) is 14.8. The summed E-state index contributed by atoms with van der Waals surface area (Å²) in [6, 6.07) is 4.28. The quantitative estimate of drug-likeness (QED) is 0.889. The summed E-state index contributed by atoms with van der Waals surface area (Å²) in [4.78, 5) is 13.9. The van der Waals surface area contributed by atoms with Gasteiger partial charge >= 0.3 is 0 Å². The smallest absolute Gasteiger partial charge is 0.256 e. The summed E-state index contributed by atoms with van der Waals surface area (Å²) in [5.74, 6) is -0.784. The number of hydrogen-bond donors (Lipinski definition) is 1. The predicted octanol–water partition coefficient (Wildman–Crippen LogP) is 1.13. The van der Waals surface area contributed by atoms with Crippen LogP contribution in [0.5, 0.6) is 0 Å². The van der Waals surface area contributed by atoms with Crippen molar-refractivity contribution in [1.29, 1.82) is 0 Å². The molecule has 110 valence electrons. The van der Waals surface area contributed by atoms with Crippen molar-refractivity contribution < 1.29 is 17.6 Å². The summed E-state index contributed by atoms with van der Waals surface area (Å²) in [6.07, 6.45) is 0.415. The molecule has 0 radical (unpaired) electrons. The Kier molecular flexibility index (Phi) is 4.27. The van der Waals surface area contributed by atoms with E-state index in [0.717, 1.165) is 0 Å². The molecular formula is C13H17FN2O3S. The van der Waals surface area contributed by atoms with E-state index in [1.54, 1.807) is 7.05 Å². The molecular weight excluding hydrogens is 283 g/mol. The maximum absolute atomic E-state index is 13.7. The van der Waals surface area contributed by atoms with E-state index < -0.39 is 15.7 Å². The van der Waals surface area contributed by atoms with Crippen molar-refractivity contribution >= 4 is 21.4 Å². The zero-order chi connectivity index (χ0) is 14.8. The van der Waals surface area contributed by atoms with Crippen LogP contribution < -0.4 is 5.32 Å². The number of hydrogen-bond acceptors (Lipinski definition) is 4. The van der Waals surface area contributed by atoms with Gasteiger partial charge in [-0.1, -0.05) is 6.07 Å². The van der Waals surface area contributed by atoms with Crippen LogP contribution in [0.2, 0.25) is 0 Å². The van der Waals surface area contributed by atoms with Crippen molar-refractivity contribution in [2.75, 3.05) is 37.0 Å². The molecule has 1 N–H and O–H groups in total. The molecule has 1 saturated heterocycles. The second-order valence-corrected chi connectivity index (χ2v) is 7.01. The molecule has 2 rings (SSSR count). The molecule has 5 nitrogen and oxygen atoms in total. The number of nitrogens with one attached hydrogen (secondary N) is 1. The average molecular weight is 300 g/mol. The molecule has 0 unspecified atom stereocenters. The number of anilines is 1. The summed E-state index contributed by atoms with van der Waals surface area (Å²) in [5, 5.41) is 2.67. The third-order valence-electron chi connectivity index (χ3n) is 3.34. The number of halogens is 1. The Morgan fingerprint density at radius 2 is 2.05 bits per heavy atom. The van der Waals surface area contributed by atoms with Gasteiger partial charge < -0.3 is 10.2 Å². The molecule has 1 aromatic rings. The zero-order valence-electron chi connectivity index (χ0n) is 11.2. The Bertz CT molecular complexity index is 616. The van der Waals surface area contributed by atoms with E-state index in [-0.39, 0.29) is 35.2 Å². The third-order valence-corrected chi connectivity index (χ3v) is 5.05. The molecule has 0 saturated carbocycles. The van der Waals surface area contributed by atoms with Crippen LogP contribution in [0.1, 0.15) is 16.8 Å². The highest BCUT2D eigenvalue weighted by molar-refractivity contribution is 7.91. The molecule has 1 heterocycles. The van der Waals surface area contributed by atoms with E-state index >= 15 is 0 Å². The van der Waals surface area contributed by atoms with E-state index in [2.05, 4.69) is 5.32 Å². The number of sulfone groups is 1. The number of carbonyl (C=O) groups is 1. The van der Waals surface area contributed by atoms with Crippen LogP contribution >= 0.6 is 0 Å². The number of nitrogens with zero attached hydrogens (tertiary/aromatic N) is 1. The van der Waals surface area contributed by atoms with Crippen molar-refractivity contribution in [3.63, 3.8) is 0 Å². The lowest BCUT2D eigenvalue weighted by Crippen LogP contribution is -2.34. The highest BCUT2D eigenvalue weighted by Crippen LogP contribution is 2.21. The van der Waals surface area contributed by atoms with Crippen LogP contribution in [0, 0.1) is 5.82 Å². The first-order chi connectivity index (χ1) is 9.44. The van der Waals surface area contributed by atoms with Crippen molar-refractivity contribution in [1.82, 2.24) is 4.90 Å². The van der Waals surface area contributed by atoms with Crippen LogP contribution in [0.25, 0.3) is 0 Å². The minimum atomic E-state index is -3.08. The average Bonchev–Trinajstić information content (AvgIpc) is 2.58. The molecule has 1 aliphatic rings. The van der Waals surface area contributed by atoms with Crippen LogP contribution in [0.4, 0.5) is 10.1 Å². The first-order valence-electron chi connectivity index (χ1n) is 6.40. The largest absolute Gasteiger partial charge is 0.385 e. The summed E-state index contributed by atoms with van der Waals surface area (Å²) < 4.78 is 36.7. The number of para-hydroxylation sites is 1. The molecule has 0 aromatic heterocycles. The molecule has 0 atom stereocenters. The first-order valence-corrected chi connectivity index (χ1v) is 8.23. The maximum Gasteiger partial charge on any atom is 0.256 e. The second kappa shape index (κ2) is 5.78. The molecule has 1 fully saturated rings. The van der Waals surface area contributed by atoms with Gasteiger partial charge in [0.25, 0.3) is 5.91 Å². The number of benzene rings is 1. The van der Waals surface area contributed by atoms with Crippen LogP contribution in [-0.2, 0) is 9.84 Å². The Morgan fingerprint density at radius 3 is 2.75 bits per heavy atom. The lowest BCUT2D eigenvalue weighted by atomic mass is 10.1. The van der Waals surface area contributed by atoms with Crippen LogP contribution in [-0.4, -0.2) is 50.9 Å². The molecule has 0 aliphatic carbocycles. The molecule has 1 amide bonds. The second-order valence-electron chi connectivity index (χ2n) is 4.71. The Balaban J connectivity index is 2.26. The summed E-state index contributed by atoms with van der Waals surface area (Å²) in [6.45, 7) is 0.526. The Morgan fingerprint density at radius 1 is 1.30 bits per heavy atom. The Labute approximate surface area is 117 Å². The van der Waals surface area contributed by atoms with Crippen molar-refractivity contribution in [3.05, 3.63) is 29.6 Å². The Hall–Kier alpha value is -1.63. The van der Waals surface area contributed by atoms with Gasteiger partial charge in [0.15, 0.2) is 9.84 Å². The third kappa shape index (κ3) is 3.09. The lowest BCUT2D eigenvalue weighted by Gasteiger charge is -2.21. The van der Waals surface area contributed by atoms with Crippen molar-refractivity contribution in [2.24, 2.45) is 0 Å². The minimum absolute atomic E-state index is 0.0387. The standard InChI is InChI=1S/C13H17FN2O3S/c1-15-12-10(4-2-5-11(12)14)13(17)16-6-3-8-20(18,19)9-7-16/h2,4-5,15H,3,6-9H2,1H3. The fourth-order valence-electron chi connectivity index (χ4n) is 2.27. The maximum atomic E-state index is 13.7. The predicted molar refractivity (Wildman–Crippen MR) is 75.1 cm³/mol. The van der Waals surface area contributed by atoms with Gasteiger partial charge in [0.05, 0.1) is 22.8 Å².